The largest absolute Gasteiger partial charge is 0.0914 e. The first-order valence-electron chi connectivity index (χ1n) is 3.58. The number of hydrogen-bond acceptors (Lipinski definition) is 0. The van der Waals surface area contributed by atoms with Gasteiger partial charge in [0.05, 0.1) is 0 Å². The van der Waals surface area contributed by atoms with Gasteiger partial charge in [-0.15, -0.1) is 0 Å². The second-order valence-electron chi connectivity index (χ2n) is 2.21. The molecule has 0 saturated heterocycles. The topological polar surface area (TPSA) is 0 Å². The molecule has 0 aliphatic carbocycles. The normalized spacial score (nSPS) is 13.0. The first-order chi connectivity index (χ1) is 4.31. The Morgan fingerprint density at radius 2 is 2.11 bits per heavy atom. The van der Waals surface area contributed by atoms with Crippen LogP contribution >= 0.6 is 0 Å². The van der Waals surface area contributed by atoms with Crippen LogP contribution < -0.4 is 0 Å². The van der Waals surface area contributed by atoms with E-state index in [2.05, 4.69) is 39.0 Å². The van der Waals surface area contributed by atoms with Crippen molar-refractivity contribution >= 4 is 0 Å². The Bertz CT molecular complexity index is 107. The van der Waals surface area contributed by atoms with Crippen LogP contribution in [0, 0.1) is 0 Å². The average Bonchev–Trinajstić information content (AvgIpc) is 1.89. The summed E-state index contributed by atoms with van der Waals surface area (Å²) in [5, 5.41) is 0. The van der Waals surface area contributed by atoms with Gasteiger partial charge in [0, 0.05) is 0 Å². The van der Waals surface area contributed by atoms with Crippen molar-refractivity contribution < 1.29 is 0 Å². The molecular formula is C9H16. The van der Waals surface area contributed by atoms with Crippen LogP contribution in [-0.4, -0.2) is 0 Å². The van der Waals surface area contributed by atoms with Gasteiger partial charge in [0.1, 0.15) is 0 Å². The fraction of sp³-hybridized carbons (Fsp3) is 0.556. The molecule has 0 aliphatic rings. The van der Waals surface area contributed by atoms with E-state index < -0.39 is 0 Å². The molecule has 0 atom stereocenters. The summed E-state index contributed by atoms with van der Waals surface area (Å²) >= 11 is 0. The molecule has 0 aromatic heterocycles. The Hall–Kier alpha value is -0.520. The molecule has 0 spiro atoms. The zero-order chi connectivity index (χ0) is 7.11. The molecule has 0 heterocycles. The van der Waals surface area contributed by atoms with Gasteiger partial charge in [-0.25, -0.2) is 0 Å². The summed E-state index contributed by atoms with van der Waals surface area (Å²) < 4.78 is 0. The van der Waals surface area contributed by atoms with Gasteiger partial charge in [-0.05, 0) is 26.7 Å². The van der Waals surface area contributed by atoms with Crippen LogP contribution in [0.3, 0.4) is 0 Å². The van der Waals surface area contributed by atoms with Crippen molar-refractivity contribution in [1.82, 2.24) is 0 Å². The summed E-state index contributed by atoms with van der Waals surface area (Å²) in [5.41, 5.74) is 1.48. The first-order valence-corrected chi connectivity index (χ1v) is 3.58. The molecule has 0 nitrogen and oxygen atoms in total. The van der Waals surface area contributed by atoms with E-state index in [4.69, 9.17) is 0 Å². The van der Waals surface area contributed by atoms with Crippen LogP contribution in [-0.2, 0) is 0 Å². The zero-order valence-electron chi connectivity index (χ0n) is 6.65. The maximum atomic E-state index is 2.26. The quantitative estimate of drug-likeness (QED) is 0.506. The van der Waals surface area contributed by atoms with E-state index in [-0.39, 0.29) is 0 Å². The third-order valence-corrected chi connectivity index (χ3v) is 1.40. The van der Waals surface area contributed by atoms with Gasteiger partial charge >= 0.3 is 0 Å². The van der Waals surface area contributed by atoms with Crippen molar-refractivity contribution in [1.29, 1.82) is 0 Å². The fourth-order valence-corrected chi connectivity index (χ4v) is 0.550. The average molecular weight is 124 g/mol. The molecule has 0 aliphatic heterocycles. The van der Waals surface area contributed by atoms with Crippen molar-refractivity contribution in [3.8, 4) is 0 Å². The molecule has 0 fully saturated rings. The van der Waals surface area contributed by atoms with E-state index >= 15 is 0 Å². The Morgan fingerprint density at radius 3 is 2.56 bits per heavy atom. The Morgan fingerprint density at radius 1 is 1.44 bits per heavy atom. The highest BCUT2D eigenvalue weighted by molar-refractivity contribution is 5.00. The Balaban J connectivity index is 3.43. The second kappa shape index (κ2) is 5.61. The number of rotatable bonds is 3. The standard InChI is InChI=1S/C9H16/c1-4-6-7-8-9(3)5-2/h4,6,8H,5,7H2,1-3H3/b6-4?,9-8-. The fourth-order valence-electron chi connectivity index (χ4n) is 0.550. The molecule has 0 aromatic carbocycles. The molecule has 0 saturated carbocycles. The van der Waals surface area contributed by atoms with Crippen molar-refractivity contribution in [2.75, 3.05) is 0 Å². The molecule has 0 radical (unpaired) electrons. The lowest BCUT2D eigenvalue weighted by Crippen LogP contribution is -1.69. The minimum Gasteiger partial charge on any atom is -0.0914 e. The van der Waals surface area contributed by atoms with Crippen LogP contribution in [0.2, 0.25) is 0 Å². The van der Waals surface area contributed by atoms with E-state index in [0.29, 0.717) is 0 Å². The van der Waals surface area contributed by atoms with E-state index in [9.17, 15) is 0 Å². The van der Waals surface area contributed by atoms with Crippen LogP contribution in [0.4, 0.5) is 0 Å². The summed E-state index contributed by atoms with van der Waals surface area (Å²) in [6, 6.07) is 0. The highest BCUT2D eigenvalue weighted by Crippen LogP contribution is 1.99. The van der Waals surface area contributed by atoms with Gasteiger partial charge < -0.3 is 0 Å². The summed E-state index contributed by atoms with van der Waals surface area (Å²) in [4.78, 5) is 0. The molecule has 0 aromatic rings. The van der Waals surface area contributed by atoms with Crippen molar-refractivity contribution in [2.45, 2.75) is 33.6 Å². The van der Waals surface area contributed by atoms with E-state index in [1.807, 2.05) is 0 Å². The lowest BCUT2D eigenvalue weighted by atomic mass is 10.2. The molecule has 9 heavy (non-hydrogen) atoms. The van der Waals surface area contributed by atoms with Gasteiger partial charge in [-0.3, -0.25) is 0 Å². The molecule has 0 rings (SSSR count). The Kier molecular flexibility index (Phi) is 5.29. The minimum atomic E-state index is 1.09. The lowest BCUT2D eigenvalue weighted by molar-refractivity contribution is 1.08. The first kappa shape index (κ1) is 8.48. The maximum Gasteiger partial charge on any atom is -0.0167 e. The van der Waals surface area contributed by atoms with E-state index in [0.717, 1.165) is 6.42 Å². The van der Waals surface area contributed by atoms with Gasteiger partial charge in [0.2, 0.25) is 0 Å². The second-order valence-corrected chi connectivity index (χ2v) is 2.21. The third kappa shape index (κ3) is 5.35. The lowest BCUT2D eigenvalue weighted by Gasteiger charge is -1.90. The van der Waals surface area contributed by atoms with E-state index in [1.165, 1.54) is 12.0 Å². The molecule has 0 heteroatoms. The Labute approximate surface area is 58.3 Å². The SMILES string of the molecule is CC=CC/C=C(/C)CC. The zero-order valence-corrected chi connectivity index (χ0v) is 6.65. The van der Waals surface area contributed by atoms with Gasteiger partial charge in [0.15, 0.2) is 0 Å². The maximum absolute atomic E-state index is 2.26. The van der Waals surface area contributed by atoms with Crippen LogP contribution in [0.15, 0.2) is 23.8 Å². The van der Waals surface area contributed by atoms with Gasteiger partial charge in [-0.1, -0.05) is 30.7 Å². The highest BCUT2D eigenvalue weighted by Gasteiger charge is 1.78. The monoisotopic (exact) mass is 124 g/mol. The number of hydrogen-bond donors (Lipinski definition) is 0. The summed E-state index contributed by atoms with van der Waals surface area (Å²) in [6.07, 6.45) is 8.78. The van der Waals surface area contributed by atoms with Gasteiger partial charge in [0.25, 0.3) is 0 Å². The smallest absolute Gasteiger partial charge is 0.0167 e. The van der Waals surface area contributed by atoms with Crippen LogP contribution in [0.25, 0.3) is 0 Å². The molecule has 52 valence electrons. The van der Waals surface area contributed by atoms with Gasteiger partial charge in [-0.2, -0.15) is 0 Å². The van der Waals surface area contributed by atoms with Crippen molar-refractivity contribution in [2.24, 2.45) is 0 Å². The predicted molar refractivity (Wildman–Crippen MR) is 43.5 cm³/mol. The highest BCUT2D eigenvalue weighted by atomic mass is 13.9. The minimum absolute atomic E-state index is 1.09. The molecular weight excluding hydrogens is 108 g/mol. The molecule has 0 N–H and O–H groups in total. The summed E-state index contributed by atoms with van der Waals surface area (Å²) in [7, 11) is 0. The molecule has 0 bridgehead atoms. The van der Waals surface area contributed by atoms with Crippen molar-refractivity contribution in [3.63, 3.8) is 0 Å². The van der Waals surface area contributed by atoms with E-state index in [1.54, 1.807) is 0 Å². The predicted octanol–water partition coefficient (Wildman–Crippen LogP) is 3.31. The summed E-state index contributed by atoms with van der Waals surface area (Å²) in [5.74, 6) is 0. The van der Waals surface area contributed by atoms with Crippen LogP contribution in [0.5, 0.6) is 0 Å². The number of allylic oxidation sites excluding steroid dienone is 4. The third-order valence-electron chi connectivity index (χ3n) is 1.40. The van der Waals surface area contributed by atoms with Crippen molar-refractivity contribution in [3.05, 3.63) is 23.8 Å². The molecule has 0 amide bonds. The summed E-state index contributed by atoms with van der Waals surface area (Å²) in [6.45, 7) is 6.40. The van der Waals surface area contributed by atoms with Crippen LogP contribution in [0.1, 0.15) is 33.6 Å². The molecule has 0 unspecified atom stereocenters.